The molecule has 0 spiro atoms. The SMILES string of the molecule is CC(C)c1cc(C(=O)NC2CCOC2C2CC2)cc(N)n1. The summed E-state index contributed by atoms with van der Waals surface area (Å²) in [7, 11) is 0. The van der Waals surface area contributed by atoms with Crippen LogP contribution in [0, 0.1) is 5.92 Å². The van der Waals surface area contributed by atoms with Crippen LogP contribution in [0.5, 0.6) is 0 Å². The molecule has 1 saturated carbocycles. The highest BCUT2D eigenvalue weighted by molar-refractivity contribution is 5.95. The molecule has 1 saturated heterocycles. The van der Waals surface area contributed by atoms with Crippen molar-refractivity contribution in [3.8, 4) is 0 Å². The van der Waals surface area contributed by atoms with Gasteiger partial charge >= 0.3 is 0 Å². The van der Waals surface area contributed by atoms with Crippen molar-refractivity contribution in [1.82, 2.24) is 10.3 Å². The van der Waals surface area contributed by atoms with Gasteiger partial charge in [-0.1, -0.05) is 13.8 Å². The first kappa shape index (κ1) is 14.3. The van der Waals surface area contributed by atoms with Gasteiger partial charge in [0.05, 0.1) is 12.1 Å². The van der Waals surface area contributed by atoms with Gasteiger partial charge in [-0.3, -0.25) is 4.79 Å². The van der Waals surface area contributed by atoms with E-state index in [9.17, 15) is 4.79 Å². The van der Waals surface area contributed by atoms with E-state index in [1.807, 2.05) is 19.9 Å². The van der Waals surface area contributed by atoms with E-state index in [0.29, 0.717) is 17.3 Å². The summed E-state index contributed by atoms with van der Waals surface area (Å²) in [4.78, 5) is 16.7. The van der Waals surface area contributed by atoms with Crippen molar-refractivity contribution in [3.63, 3.8) is 0 Å². The summed E-state index contributed by atoms with van der Waals surface area (Å²) in [5.41, 5.74) is 7.25. The number of ether oxygens (including phenoxy) is 1. The van der Waals surface area contributed by atoms with Crippen molar-refractivity contribution in [1.29, 1.82) is 0 Å². The molecule has 1 aliphatic heterocycles. The average Bonchev–Trinajstić information content (AvgIpc) is 3.18. The van der Waals surface area contributed by atoms with E-state index in [2.05, 4.69) is 10.3 Å². The third kappa shape index (κ3) is 3.18. The molecule has 2 fully saturated rings. The summed E-state index contributed by atoms with van der Waals surface area (Å²) in [5, 5.41) is 3.11. The quantitative estimate of drug-likeness (QED) is 0.889. The molecule has 2 heterocycles. The maximum absolute atomic E-state index is 12.5. The van der Waals surface area contributed by atoms with Gasteiger partial charge in [-0.05, 0) is 43.2 Å². The van der Waals surface area contributed by atoms with Crippen LogP contribution in [-0.4, -0.2) is 29.6 Å². The zero-order valence-electron chi connectivity index (χ0n) is 12.6. The van der Waals surface area contributed by atoms with Gasteiger partial charge in [0.2, 0.25) is 0 Å². The van der Waals surface area contributed by atoms with Crippen LogP contribution in [0.25, 0.3) is 0 Å². The number of anilines is 1. The Bertz CT molecular complexity index is 540. The summed E-state index contributed by atoms with van der Waals surface area (Å²) in [5.74, 6) is 1.19. The first-order valence-corrected chi connectivity index (χ1v) is 7.74. The number of nitrogens with one attached hydrogen (secondary N) is 1. The molecular weight excluding hydrogens is 266 g/mol. The van der Waals surface area contributed by atoms with Gasteiger partial charge in [0.1, 0.15) is 5.82 Å². The molecule has 5 heteroatoms. The minimum Gasteiger partial charge on any atom is -0.384 e. The van der Waals surface area contributed by atoms with E-state index in [4.69, 9.17) is 10.5 Å². The van der Waals surface area contributed by atoms with E-state index < -0.39 is 0 Å². The van der Waals surface area contributed by atoms with Crippen molar-refractivity contribution in [2.75, 3.05) is 12.3 Å². The number of carbonyl (C=O) groups excluding carboxylic acids is 1. The van der Waals surface area contributed by atoms with Crippen LogP contribution >= 0.6 is 0 Å². The van der Waals surface area contributed by atoms with Gasteiger partial charge in [-0.2, -0.15) is 0 Å². The Kier molecular flexibility index (Phi) is 3.85. The largest absolute Gasteiger partial charge is 0.384 e. The Morgan fingerprint density at radius 1 is 1.38 bits per heavy atom. The maximum Gasteiger partial charge on any atom is 0.251 e. The highest BCUT2D eigenvalue weighted by Gasteiger charge is 2.41. The van der Waals surface area contributed by atoms with Crippen molar-refractivity contribution in [2.24, 2.45) is 5.92 Å². The van der Waals surface area contributed by atoms with Crippen LogP contribution in [0.4, 0.5) is 5.82 Å². The molecule has 2 unspecified atom stereocenters. The van der Waals surface area contributed by atoms with Gasteiger partial charge in [0, 0.05) is 17.9 Å². The van der Waals surface area contributed by atoms with E-state index in [1.165, 1.54) is 12.8 Å². The summed E-state index contributed by atoms with van der Waals surface area (Å²) < 4.78 is 5.76. The molecule has 2 atom stereocenters. The number of carbonyl (C=O) groups is 1. The number of amides is 1. The predicted molar refractivity (Wildman–Crippen MR) is 81.1 cm³/mol. The smallest absolute Gasteiger partial charge is 0.251 e. The third-order valence-electron chi connectivity index (χ3n) is 4.26. The molecule has 1 aromatic rings. The van der Waals surface area contributed by atoms with Gasteiger partial charge in [-0.25, -0.2) is 4.98 Å². The Morgan fingerprint density at radius 2 is 2.14 bits per heavy atom. The molecular formula is C16H23N3O2. The average molecular weight is 289 g/mol. The first-order valence-electron chi connectivity index (χ1n) is 7.74. The van der Waals surface area contributed by atoms with Crippen molar-refractivity contribution in [3.05, 3.63) is 23.4 Å². The van der Waals surface area contributed by atoms with E-state index in [0.717, 1.165) is 18.7 Å². The fraction of sp³-hybridized carbons (Fsp3) is 0.625. The first-order chi connectivity index (χ1) is 10.0. The Morgan fingerprint density at radius 3 is 2.81 bits per heavy atom. The molecule has 0 radical (unpaired) electrons. The van der Waals surface area contributed by atoms with E-state index >= 15 is 0 Å². The molecule has 21 heavy (non-hydrogen) atoms. The van der Waals surface area contributed by atoms with E-state index in [-0.39, 0.29) is 24.0 Å². The summed E-state index contributed by atoms with van der Waals surface area (Å²) in [6.07, 6.45) is 3.52. The second-order valence-electron chi connectivity index (χ2n) is 6.40. The monoisotopic (exact) mass is 289 g/mol. The number of hydrogen-bond acceptors (Lipinski definition) is 4. The summed E-state index contributed by atoms with van der Waals surface area (Å²) in [6.45, 7) is 4.82. The normalized spacial score (nSPS) is 25.3. The number of hydrogen-bond donors (Lipinski definition) is 2. The van der Waals surface area contributed by atoms with Gasteiger partial charge in [0.25, 0.3) is 5.91 Å². The molecule has 1 aliphatic carbocycles. The molecule has 1 amide bonds. The number of rotatable bonds is 4. The van der Waals surface area contributed by atoms with Crippen LogP contribution in [0.3, 0.4) is 0 Å². The number of aromatic nitrogens is 1. The number of nitrogen functional groups attached to an aromatic ring is 1. The highest BCUT2D eigenvalue weighted by atomic mass is 16.5. The molecule has 1 aromatic heterocycles. The Labute approximate surface area is 125 Å². The van der Waals surface area contributed by atoms with Crippen LogP contribution in [0.15, 0.2) is 12.1 Å². The topological polar surface area (TPSA) is 77.2 Å². The number of nitrogens with two attached hydrogens (primary N) is 1. The van der Waals surface area contributed by atoms with Crippen LogP contribution in [-0.2, 0) is 4.74 Å². The molecule has 114 valence electrons. The lowest BCUT2D eigenvalue weighted by Gasteiger charge is -2.19. The molecule has 3 rings (SSSR count). The van der Waals surface area contributed by atoms with Gasteiger partial charge in [0.15, 0.2) is 0 Å². The lowest BCUT2D eigenvalue weighted by atomic mass is 10.0. The zero-order chi connectivity index (χ0) is 15.0. The van der Waals surface area contributed by atoms with Crippen molar-refractivity contribution in [2.45, 2.75) is 51.2 Å². The fourth-order valence-electron chi connectivity index (χ4n) is 2.91. The Hall–Kier alpha value is -1.62. The minimum atomic E-state index is -0.0767. The minimum absolute atomic E-state index is 0.0767. The molecule has 2 aliphatic rings. The van der Waals surface area contributed by atoms with Crippen LogP contribution in [0.1, 0.15) is 55.1 Å². The molecule has 5 nitrogen and oxygen atoms in total. The molecule has 0 aromatic carbocycles. The lowest BCUT2D eigenvalue weighted by Crippen LogP contribution is -2.41. The lowest BCUT2D eigenvalue weighted by molar-refractivity contribution is 0.0729. The van der Waals surface area contributed by atoms with Crippen LogP contribution < -0.4 is 11.1 Å². The van der Waals surface area contributed by atoms with E-state index in [1.54, 1.807) is 6.07 Å². The standard InChI is InChI=1S/C16H23N3O2/c1-9(2)13-7-11(8-14(17)18-13)16(20)19-12-5-6-21-15(12)10-3-4-10/h7-10,12,15H,3-6H2,1-2H3,(H2,17,18)(H,19,20). The second kappa shape index (κ2) is 5.64. The van der Waals surface area contributed by atoms with Crippen molar-refractivity contribution >= 4 is 11.7 Å². The van der Waals surface area contributed by atoms with Crippen LogP contribution in [0.2, 0.25) is 0 Å². The molecule has 3 N–H and O–H groups in total. The Balaban J connectivity index is 1.72. The summed E-state index contributed by atoms with van der Waals surface area (Å²) >= 11 is 0. The van der Waals surface area contributed by atoms with Gasteiger partial charge in [-0.15, -0.1) is 0 Å². The third-order valence-corrected chi connectivity index (χ3v) is 4.26. The van der Waals surface area contributed by atoms with Crippen molar-refractivity contribution < 1.29 is 9.53 Å². The fourth-order valence-corrected chi connectivity index (χ4v) is 2.91. The number of nitrogens with zero attached hydrogens (tertiary/aromatic N) is 1. The van der Waals surface area contributed by atoms with Gasteiger partial charge < -0.3 is 15.8 Å². The number of pyridine rings is 1. The highest BCUT2D eigenvalue weighted by Crippen LogP contribution is 2.38. The predicted octanol–water partition coefficient (Wildman–Crippen LogP) is 2.08. The summed E-state index contributed by atoms with van der Waals surface area (Å²) in [6, 6.07) is 3.60. The second-order valence-corrected chi connectivity index (χ2v) is 6.40. The maximum atomic E-state index is 12.5. The zero-order valence-corrected chi connectivity index (χ0v) is 12.6. The molecule has 0 bridgehead atoms.